The van der Waals surface area contributed by atoms with Crippen LogP contribution in [0.3, 0.4) is 0 Å². The molecule has 1 aromatic carbocycles. The molecule has 1 aromatic rings. The minimum absolute atomic E-state index is 0.0565. The van der Waals surface area contributed by atoms with Crippen LogP contribution in [0, 0.1) is 11.7 Å². The van der Waals surface area contributed by atoms with Gasteiger partial charge in [0.1, 0.15) is 5.82 Å². The molecule has 2 aliphatic heterocycles. The molecule has 2 saturated carbocycles. The fraction of sp³-hybridized carbons (Fsp3) is 0.636. The highest BCUT2D eigenvalue weighted by Crippen LogP contribution is 2.52. The molecule has 6 nitrogen and oxygen atoms in total. The molecule has 158 valence electrons. The van der Waals surface area contributed by atoms with Crippen LogP contribution in [0.15, 0.2) is 12.1 Å². The van der Waals surface area contributed by atoms with Crippen LogP contribution in [0.2, 0.25) is 0 Å². The molecular formula is C22H30FN3O3. The van der Waals surface area contributed by atoms with Crippen LogP contribution in [0.1, 0.15) is 67.4 Å². The van der Waals surface area contributed by atoms with Crippen molar-refractivity contribution < 1.29 is 19.2 Å². The highest BCUT2D eigenvalue weighted by atomic mass is 19.1. The normalized spacial score (nSPS) is 28.1. The van der Waals surface area contributed by atoms with E-state index in [4.69, 9.17) is 5.21 Å². The average molecular weight is 403 g/mol. The van der Waals surface area contributed by atoms with Gasteiger partial charge in [-0.15, -0.1) is 0 Å². The van der Waals surface area contributed by atoms with Crippen molar-refractivity contribution in [2.24, 2.45) is 5.92 Å². The minimum Gasteiger partial charge on any atom is -0.332 e. The first-order valence-corrected chi connectivity index (χ1v) is 10.8. The molecule has 5 rings (SSSR count). The number of hydroxylamine groups is 1. The van der Waals surface area contributed by atoms with E-state index in [1.165, 1.54) is 6.07 Å². The van der Waals surface area contributed by atoms with E-state index in [0.29, 0.717) is 30.5 Å². The van der Waals surface area contributed by atoms with E-state index in [9.17, 15) is 14.0 Å². The van der Waals surface area contributed by atoms with E-state index < -0.39 is 5.91 Å². The van der Waals surface area contributed by atoms with E-state index in [1.54, 1.807) is 11.5 Å². The second kappa shape index (κ2) is 7.69. The van der Waals surface area contributed by atoms with Gasteiger partial charge >= 0.3 is 0 Å². The maximum atomic E-state index is 14.4. The van der Waals surface area contributed by atoms with E-state index in [2.05, 4.69) is 9.80 Å². The topological polar surface area (TPSA) is 72.9 Å². The van der Waals surface area contributed by atoms with Crippen LogP contribution in [0.4, 0.5) is 4.39 Å². The lowest BCUT2D eigenvalue weighted by Gasteiger charge is -2.43. The Kier molecular flexibility index (Phi) is 5.38. The van der Waals surface area contributed by atoms with Crippen LogP contribution in [0.25, 0.3) is 0 Å². The molecule has 0 aromatic heterocycles. The molecule has 29 heavy (non-hydrogen) atoms. The van der Waals surface area contributed by atoms with Crippen molar-refractivity contribution in [3.05, 3.63) is 34.6 Å². The number of halogens is 1. The predicted octanol–water partition coefficient (Wildman–Crippen LogP) is 2.87. The molecule has 4 aliphatic rings. The van der Waals surface area contributed by atoms with Gasteiger partial charge in [0.25, 0.3) is 5.91 Å². The van der Waals surface area contributed by atoms with E-state index in [-0.39, 0.29) is 22.8 Å². The standard InChI is InChI=1S/C20H24FN3O3.C2H6/c21-17-8-13(18(25)22-27)7-14-10-23(6-4-16(14)17)11-20-5-3-12(9-20)19(26)24(20)15-1-2-15;1-2/h7-8,12,15,27H,1-6,9-11H2,(H,22,25);1-2H3. The third kappa shape index (κ3) is 3.44. The Morgan fingerprint density at radius 3 is 2.76 bits per heavy atom. The Morgan fingerprint density at radius 1 is 1.31 bits per heavy atom. The smallest absolute Gasteiger partial charge is 0.274 e. The highest BCUT2D eigenvalue weighted by Gasteiger charge is 2.59. The van der Waals surface area contributed by atoms with Crippen LogP contribution >= 0.6 is 0 Å². The van der Waals surface area contributed by atoms with E-state index in [1.807, 2.05) is 13.8 Å². The third-order valence-corrected chi connectivity index (χ3v) is 6.84. The molecule has 2 bridgehead atoms. The van der Waals surface area contributed by atoms with Crippen LogP contribution in [-0.2, 0) is 17.8 Å². The van der Waals surface area contributed by atoms with Gasteiger partial charge in [0.2, 0.25) is 5.91 Å². The molecule has 2 N–H and O–H groups in total. The van der Waals surface area contributed by atoms with Crippen LogP contribution in [0.5, 0.6) is 0 Å². The molecule has 2 aliphatic carbocycles. The van der Waals surface area contributed by atoms with Crippen molar-refractivity contribution in [1.29, 1.82) is 0 Å². The Balaban J connectivity index is 0.000000994. The van der Waals surface area contributed by atoms with Gasteiger partial charge in [0.15, 0.2) is 0 Å². The number of amides is 2. The second-order valence-corrected chi connectivity index (χ2v) is 8.60. The molecule has 0 spiro atoms. The molecule has 2 amide bonds. The van der Waals surface area contributed by atoms with E-state index in [0.717, 1.165) is 50.8 Å². The summed E-state index contributed by atoms with van der Waals surface area (Å²) in [5.41, 5.74) is 3.10. The average Bonchev–Trinajstić information content (AvgIpc) is 3.42. The number of rotatable bonds is 4. The number of benzene rings is 1. The number of hydrogen-bond donors (Lipinski definition) is 2. The van der Waals surface area contributed by atoms with Gasteiger partial charge in [-0.05, 0) is 61.8 Å². The fourth-order valence-electron chi connectivity index (χ4n) is 5.54. The van der Waals surface area contributed by atoms with Crippen molar-refractivity contribution in [3.8, 4) is 0 Å². The van der Waals surface area contributed by atoms with Crippen LogP contribution < -0.4 is 5.48 Å². The molecule has 3 fully saturated rings. The van der Waals surface area contributed by atoms with Gasteiger partial charge in [0, 0.05) is 37.2 Å². The fourth-order valence-corrected chi connectivity index (χ4v) is 5.54. The summed E-state index contributed by atoms with van der Waals surface area (Å²) in [5, 5.41) is 8.84. The summed E-state index contributed by atoms with van der Waals surface area (Å²) < 4.78 is 14.4. The molecule has 2 unspecified atom stereocenters. The Bertz CT molecular complexity index is 826. The Labute approximate surface area is 171 Å². The summed E-state index contributed by atoms with van der Waals surface area (Å²) in [4.78, 5) is 28.9. The zero-order chi connectivity index (χ0) is 20.8. The van der Waals surface area contributed by atoms with Crippen molar-refractivity contribution in [1.82, 2.24) is 15.3 Å². The monoisotopic (exact) mass is 403 g/mol. The maximum absolute atomic E-state index is 14.4. The number of fused-ring (bicyclic) bond motifs is 3. The number of nitrogens with one attached hydrogen (secondary N) is 1. The minimum atomic E-state index is -0.702. The zero-order valence-corrected chi connectivity index (χ0v) is 17.2. The van der Waals surface area contributed by atoms with Crippen molar-refractivity contribution in [3.63, 3.8) is 0 Å². The largest absolute Gasteiger partial charge is 0.332 e. The lowest BCUT2D eigenvalue weighted by Crippen LogP contribution is -2.55. The number of hydrogen-bond acceptors (Lipinski definition) is 4. The molecule has 2 atom stereocenters. The van der Waals surface area contributed by atoms with Crippen molar-refractivity contribution in [2.45, 2.75) is 70.5 Å². The predicted molar refractivity (Wildman–Crippen MR) is 106 cm³/mol. The second-order valence-electron chi connectivity index (χ2n) is 8.60. The van der Waals surface area contributed by atoms with Gasteiger partial charge < -0.3 is 4.90 Å². The van der Waals surface area contributed by atoms with Gasteiger partial charge in [-0.3, -0.25) is 19.7 Å². The number of likely N-dealkylation sites (tertiary alicyclic amines) is 1. The van der Waals surface area contributed by atoms with Gasteiger partial charge in [-0.1, -0.05) is 13.8 Å². The summed E-state index contributed by atoms with van der Waals surface area (Å²) >= 11 is 0. The molecule has 2 heterocycles. The van der Waals surface area contributed by atoms with Crippen LogP contribution in [-0.4, -0.2) is 51.5 Å². The highest BCUT2D eigenvalue weighted by molar-refractivity contribution is 5.93. The summed E-state index contributed by atoms with van der Waals surface area (Å²) in [7, 11) is 0. The number of carbonyl (C=O) groups is 2. The number of piperidine rings is 1. The van der Waals surface area contributed by atoms with Crippen molar-refractivity contribution in [2.75, 3.05) is 13.1 Å². The Hall–Kier alpha value is -1.99. The molecule has 7 heteroatoms. The number of nitrogens with zero attached hydrogens (tertiary/aromatic N) is 2. The molecule has 0 radical (unpaired) electrons. The Morgan fingerprint density at radius 2 is 2.07 bits per heavy atom. The summed E-state index contributed by atoms with van der Waals surface area (Å²) in [6.07, 6.45) is 5.83. The number of carbonyl (C=O) groups excluding carboxylic acids is 2. The zero-order valence-electron chi connectivity index (χ0n) is 17.2. The maximum Gasteiger partial charge on any atom is 0.274 e. The molecule has 1 saturated heterocycles. The lowest BCUT2D eigenvalue weighted by atomic mass is 9.92. The van der Waals surface area contributed by atoms with Crippen molar-refractivity contribution >= 4 is 11.8 Å². The first-order valence-electron chi connectivity index (χ1n) is 10.8. The van der Waals surface area contributed by atoms with Gasteiger partial charge in [-0.2, -0.15) is 0 Å². The third-order valence-electron chi connectivity index (χ3n) is 6.84. The summed E-state index contributed by atoms with van der Waals surface area (Å²) in [5.74, 6) is -0.554. The molecular weight excluding hydrogens is 373 g/mol. The van der Waals surface area contributed by atoms with E-state index >= 15 is 0 Å². The summed E-state index contributed by atoms with van der Waals surface area (Å²) in [6.45, 7) is 6.15. The van der Waals surface area contributed by atoms with Gasteiger partial charge in [-0.25, -0.2) is 9.87 Å². The first-order chi connectivity index (χ1) is 14.0. The first kappa shape index (κ1) is 20.3. The quantitative estimate of drug-likeness (QED) is 0.599. The lowest BCUT2D eigenvalue weighted by molar-refractivity contribution is -0.138. The van der Waals surface area contributed by atoms with Gasteiger partial charge in [0.05, 0.1) is 5.54 Å². The summed E-state index contributed by atoms with van der Waals surface area (Å²) in [6, 6.07) is 3.28. The SMILES string of the molecule is CC.O=C(NO)c1cc(F)c2c(c1)CN(CC13CCC(C1)C(=O)N3C1CC1)CC2.